The number of allylic oxidation sites excluding steroid dienone is 1. The van der Waals surface area contributed by atoms with Gasteiger partial charge in [-0.05, 0) is 70.4 Å². The lowest BCUT2D eigenvalue weighted by atomic mass is 9.73. The smallest absolute Gasteiger partial charge is 0.328 e. The number of aliphatic carboxylic acids is 1. The predicted molar refractivity (Wildman–Crippen MR) is 140 cm³/mol. The van der Waals surface area contributed by atoms with Gasteiger partial charge in [0.05, 0.1) is 0 Å². The third-order valence-electron chi connectivity index (χ3n) is 6.50. The first kappa shape index (κ1) is 22.6. The normalized spacial score (nSPS) is 14.5. The molecule has 5 rings (SSSR count). The van der Waals surface area contributed by atoms with Gasteiger partial charge >= 0.3 is 5.97 Å². The minimum atomic E-state index is -0.982. The highest BCUT2D eigenvalue weighted by atomic mass is 35.5. The largest absolute Gasteiger partial charge is 0.478 e. The number of nitrogens with zero attached hydrogens (tertiary/aromatic N) is 2. The van der Waals surface area contributed by atoms with Gasteiger partial charge in [-0.1, -0.05) is 79.2 Å². The number of fused-ring (bicyclic) bond motifs is 1. The van der Waals surface area contributed by atoms with E-state index in [1.54, 1.807) is 6.08 Å². The summed E-state index contributed by atoms with van der Waals surface area (Å²) in [5, 5.41) is 17.5. The number of benzene rings is 3. The number of aromatic amines is 1. The van der Waals surface area contributed by atoms with E-state index in [9.17, 15) is 4.79 Å². The van der Waals surface area contributed by atoms with Crippen LogP contribution in [-0.4, -0.2) is 21.3 Å². The van der Waals surface area contributed by atoms with Crippen molar-refractivity contribution < 1.29 is 9.90 Å². The number of rotatable bonds is 6. The quantitative estimate of drug-likeness (QED) is 0.170. The average Bonchev–Trinajstić information content (AvgIpc) is 3.25. The van der Waals surface area contributed by atoms with Crippen molar-refractivity contribution in [3.05, 3.63) is 111 Å². The van der Waals surface area contributed by atoms with Crippen LogP contribution in [0.1, 0.15) is 41.5 Å². The van der Waals surface area contributed by atoms with Gasteiger partial charge in [-0.2, -0.15) is 0 Å². The molecule has 0 spiro atoms. The van der Waals surface area contributed by atoms with E-state index < -0.39 is 5.97 Å². The summed E-state index contributed by atoms with van der Waals surface area (Å²) in [4.78, 5) is 14.5. The molecule has 1 fully saturated rings. The molecule has 4 aromatic rings. The number of hydrogen-bond acceptors (Lipinski definition) is 2. The van der Waals surface area contributed by atoms with Gasteiger partial charge in [-0.15, -0.1) is 5.10 Å². The fraction of sp³-hybridized carbons (Fsp3) is 0.138. The zero-order valence-electron chi connectivity index (χ0n) is 18.8. The fourth-order valence-corrected chi connectivity index (χ4v) is 4.82. The molecular formula is C29H22ClN3O2. The first-order chi connectivity index (χ1) is 17.0. The van der Waals surface area contributed by atoms with Crippen LogP contribution in [0.2, 0.25) is 5.02 Å². The van der Waals surface area contributed by atoms with Crippen LogP contribution < -0.4 is 0 Å². The number of hydrogen-bond donors (Lipinski definition) is 2. The SMILES string of the molecule is [C-]#[N+]c1[nH]nc2ccc(/C(=C(/c3ccccc3Cl)C3CCC3)c3ccc(/C=C/C(=O)O)cc3)cc12. The van der Waals surface area contributed by atoms with Gasteiger partial charge in [0.1, 0.15) is 5.52 Å². The zero-order valence-corrected chi connectivity index (χ0v) is 19.6. The summed E-state index contributed by atoms with van der Waals surface area (Å²) in [6.45, 7) is 7.51. The lowest BCUT2D eigenvalue weighted by Gasteiger charge is -2.32. The third kappa shape index (κ3) is 4.49. The van der Waals surface area contributed by atoms with Crippen molar-refractivity contribution in [1.29, 1.82) is 0 Å². The Bertz CT molecular complexity index is 1520. The van der Waals surface area contributed by atoms with E-state index in [1.165, 1.54) is 12.0 Å². The Morgan fingerprint density at radius 3 is 2.49 bits per heavy atom. The molecule has 1 aromatic heterocycles. The van der Waals surface area contributed by atoms with Gasteiger partial charge in [0.2, 0.25) is 0 Å². The van der Waals surface area contributed by atoms with Crippen LogP contribution in [0.5, 0.6) is 0 Å². The lowest BCUT2D eigenvalue weighted by Crippen LogP contribution is -2.15. The Kier molecular flexibility index (Phi) is 6.22. The zero-order chi connectivity index (χ0) is 24.4. The summed E-state index contributed by atoms with van der Waals surface area (Å²) in [5.41, 5.74) is 6.82. The molecule has 0 amide bonds. The molecule has 2 N–H and O–H groups in total. The van der Waals surface area contributed by atoms with Gasteiger partial charge in [0.25, 0.3) is 5.82 Å². The van der Waals surface area contributed by atoms with E-state index in [2.05, 4.69) is 21.1 Å². The molecule has 3 aromatic carbocycles. The monoisotopic (exact) mass is 479 g/mol. The number of carbonyl (C=O) groups is 1. The summed E-state index contributed by atoms with van der Waals surface area (Å²) >= 11 is 6.73. The summed E-state index contributed by atoms with van der Waals surface area (Å²) in [6, 6.07) is 21.8. The second-order valence-corrected chi connectivity index (χ2v) is 9.01. The Labute approximate surface area is 208 Å². The van der Waals surface area contributed by atoms with Crippen LogP contribution in [0.25, 0.3) is 33.0 Å². The van der Waals surface area contributed by atoms with Gasteiger partial charge in [-0.3, -0.25) is 0 Å². The summed E-state index contributed by atoms with van der Waals surface area (Å²) in [5.74, 6) is -0.195. The minimum absolute atomic E-state index is 0.372. The van der Waals surface area contributed by atoms with Crippen LogP contribution in [0.15, 0.2) is 72.8 Å². The molecule has 0 radical (unpaired) electrons. The third-order valence-corrected chi connectivity index (χ3v) is 6.83. The maximum absolute atomic E-state index is 10.9. The molecule has 0 unspecified atom stereocenters. The van der Waals surface area contributed by atoms with Crippen LogP contribution in [-0.2, 0) is 4.79 Å². The summed E-state index contributed by atoms with van der Waals surface area (Å²) in [7, 11) is 0. The molecule has 1 aliphatic rings. The Balaban J connectivity index is 1.77. The molecule has 0 saturated heterocycles. The van der Waals surface area contributed by atoms with E-state index >= 15 is 0 Å². The molecule has 5 nitrogen and oxygen atoms in total. The summed E-state index contributed by atoms with van der Waals surface area (Å²) < 4.78 is 0. The van der Waals surface area contributed by atoms with Crippen molar-refractivity contribution in [3.63, 3.8) is 0 Å². The van der Waals surface area contributed by atoms with E-state index in [-0.39, 0.29) is 0 Å². The second kappa shape index (κ2) is 9.61. The fourth-order valence-electron chi connectivity index (χ4n) is 4.58. The minimum Gasteiger partial charge on any atom is -0.478 e. The second-order valence-electron chi connectivity index (χ2n) is 8.61. The number of carboxylic acid groups (broad SMARTS) is 1. The predicted octanol–water partition coefficient (Wildman–Crippen LogP) is 7.62. The van der Waals surface area contributed by atoms with Gasteiger partial charge in [0.15, 0.2) is 0 Å². The molecule has 6 heteroatoms. The van der Waals surface area contributed by atoms with Crippen LogP contribution >= 0.6 is 11.6 Å². The molecule has 0 bridgehead atoms. The van der Waals surface area contributed by atoms with E-state index in [0.717, 1.165) is 57.6 Å². The van der Waals surface area contributed by atoms with Crippen molar-refractivity contribution in [2.75, 3.05) is 0 Å². The highest BCUT2D eigenvalue weighted by molar-refractivity contribution is 6.32. The molecule has 1 aliphatic carbocycles. The number of nitrogens with one attached hydrogen (secondary N) is 1. The van der Waals surface area contributed by atoms with Gasteiger partial charge < -0.3 is 9.95 Å². The lowest BCUT2D eigenvalue weighted by molar-refractivity contribution is -0.131. The van der Waals surface area contributed by atoms with E-state index in [4.69, 9.17) is 23.3 Å². The molecule has 1 heterocycles. The first-order valence-corrected chi connectivity index (χ1v) is 11.8. The Hall–Kier alpha value is -4.14. The Morgan fingerprint density at radius 2 is 1.83 bits per heavy atom. The van der Waals surface area contributed by atoms with Crippen LogP contribution in [0.3, 0.4) is 0 Å². The Morgan fingerprint density at radius 1 is 1.09 bits per heavy atom. The number of halogens is 1. The van der Waals surface area contributed by atoms with Crippen molar-refractivity contribution in [1.82, 2.24) is 10.2 Å². The number of carboxylic acids is 1. The molecule has 35 heavy (non-hydrogen) atoms. The van der Waals surface area contributed by atoms with Crippen molar-refractivity contribution in [3.8, 4) is 0 Å². The van der Waals surface area contributed by atoms with Crippen LogP contribution in [0.4, 0.5) is 5.82 Å². The molecule has 172 valence electrons. The molecule has 1 saturated carbocycles. The van der Waals surface area contributed by atoms with Gasteiger partial charge in [0, 0.05) is 16.5 Å². The topological polar surface area (TPSA) is 70.3 Å². The highest BCUT2D eigenvalue weighted by Crippen LogP contribution is 2.47. The standard InChI is InChI=1S/C29H22ClN3O2/c1-31-29-23-17-21(14-15-25(23)32-33-29)27(20-12-9-18(10-13-20)11-16-26(34)35)28(19-5-4-6-19)22-7-2-3-8-24(22)30/h2-3,7-17,19H,4-6H2,(H,32,33)(H,34,35)/b16-11+,28-27+. The van der Waals surface area contributed by atoms with E-state index in [0.29, 0.717) is 16.8 Å². The van der Waals surface area contributed by atoms with Gasteiger partial charge in [-0.25, -0.2) is 9.89 Å². The maximum Gasteiger partial charge on any atom is 0.328 e. The molecule has 0 atom stereocenters. The van der Waals surface area contributed by atoms with Crippen LogP contribution in [0, 0.1) is 12.5 Å². The number of aromatic nitrogens is 2. The average molecular weight is 480 g/mol. The maximum atomic E-state index is 10.9. The highest BCUT2D eigenvalue weighted by Gasteiger charge is 2.28. The molecular weight excluding hydrogens is 458 g/mol. The van der Waals surface area contributed by atoms with E-state index in [1.807, 2.05) is 60.7 Å². The van der Waals surface area contributed by atoms with Crippen molar-refractivity contribution in [2.45, 2.75) is 19.3 Å². The van der Waals surface area contributed by atoms with Crippen molar-refractivity contribution in [2.24, 2.45) is 5.92 Å². The molecule has 0 aliphatic heterocycles. The number of H-pyrrole nitrogens is 1. The summed E-state index contributed by atoms with van der Waals surface area (Å²) in [6.07, 6.45) is 6.06. The van der Waals surface area contributed by atoms with Crippen molar-refractivity contribution >= 4 is 51.5 Å². The first-order valence-electron chi connectivity index (χ1n) is 11.4.